The number of carbonyl (C=O) groups is 9. The maximum Gasteiger partial charge on any atom is 0.352 e. The molecule has 0 spiro atoms. The van der Waals surface area contributed by atoms with Crippen molar-refractivity contribution in [1.82, 2.24) is 47.4 Å². The van der Waals surface area contributed by atoms with Gasteiger partial charge in [-0.2, -0.15) is 0 Å². The molecule has 75 heavy (non-hydrogen) atoms. The van der Waals surface area contributed by atoms with Gasteiger partial charge in [0.2, 0.25) is 47.3 Å². The number of guanidine groups is 1. The van der Waals surface area contributed by atoms with E-state index >= 15 is 0 Å². The van der Waals surface area contributed by atoms with Gasteiger partial charge in [0.25, 0.3) is 0 Å². The Morgan fingerprint density at radius 3 is 1.99 bits per heavy atom. The van der Waals surface area contributed by atoms with Crippen LogP contribution in [-0.4, -0.2) is 174 Å². The van der Waals surface area contributed by atoms with Gasteiger partial charge in [0, 0.05) is 19.6 Å². The van der Waals surface area contributed by atoms with Crippen LogP contribution in [0.5, 0.6) is 5.75 Å². The molecule has 28 heteroatoms. The molecule has 8 atom stereocenters. The SMILES string of the molecule is C[C@H](NC(=O)[C@@H](NC(=O)[C@@H](N)CCCCN)[C@@H](O)CN)C(=O)NCC(=O)N[C@H](CCCN)C(=O)N1CCC[C@H]1C(=O)N[C@@H](CCc1ccc(O)cc1)C(=O)N[C@@H](CCCCN)C(=O)N/C(=C\CCNC(=N)N)C(=O)O. The molecule has 8 amide bonds. The number of nitrogens with two attached hydrogens (primary N) is 6. The van der Waals surface area contributed by atoms with Crippen molar-refractivity contribution in [3.05, 3.63) is 41.6 Å². The molecule has 1 aliphatic rings. The summed E-state index contributed by atoms with van der Waals surface area (Å²) in [4.78, 5) is 122. The molecule has 0 radical (unpaired) electrons. The van der Waals surface area contributed by atoms with E-state index in [9.17, 15) is 58.5 Å². The summed E-state index contributed by atoms with van der Waals surface area (Å²) in [5.41, 5.74) is 33.9. The van der Waals surface area contributed by atoms with E-state index in [4.69, 9.17) is 39.8 Å². The fourth-order valence-corrected chi connectivity index (χ4v) is 7.77. The average Bonchev–Trinajstić information content (AvgIpc) is 3.88. The molecule has 1 aromatic carbocycles. The zero-order valence-corrected chi connectivity index (χ0v) is 42.6. The van der Waals surface area contributed by atoms with Gasteiger partial charge in [-0.1, -0.05) is 24.6 Å². The molecule has 24 N–H and O–H groups in total. The molecule has 420 valence electrons. The van der Waals surface area contributed by atoms with Crippen LogP contribution in [0.2, 0.25) is 0 Å². The van der Waals surface area contributed by atoms with Crippen molar-refractivity contribution in [1.29, 1.82) is 5.41 Å². The van der Waals surface area contributed by atoms with Gasteiger partial charge >= 0.3 is 5.97 Å². The molecule has 28 nitrogen and oxygen atoms in total. The molecule has 0 saturated carbocycles. The maximum atomic E-state index is 14.2. The van der Waals surface area contributed by atoms with Crippen molar-refractivity contribution in [2.75, 3.05) is 45.8 Å². The number of nitrogens with zero attached hydrogens (tertiary/aromatic N) is 1. The van der Waals surface area contributed by atoms with Crippen LogP contribution >= 0.6 is 0 Å². The van der Waals surface area contributed by atoms with E-state index in [0.29, 0.717) is 44.2 Å². The van der Waals surface area contributed by atoms with Gasteiger partial charge in [0.1, 0.15) is 47.7 Å². The standard InChI is InChI=1S/C47H80N16O12/c1-27(57-44(72)38(36(65)25-51)62-40(68)30(52)9-2-4-20-48)39(67)56-26-37(66)58-33(11-6-22-50)45(73)63-24-8-13-35(63)43(71)60-32(19-16-28-14-17-29(64)18-15-28)42(70)59-31(10-3-5-21-49)41(69)61-34(46(74)75)12-7-23-55-47(53)54/h12,14-15,17-18,27,30-33,35-36,38,64-65H,2-11,13,16,19-26,48-52H2,1H3,(H,56,67)(H,57,72)(H,58,66)(H,59,70)(H,60,71)(H,61,69)(H,62,68)(H,74,75)(H4,53,54,55)/b34-12-/t27-,30-,31-,32-,33+,35-,36-,38-/m0/s1. The van der Waals surface area contributed by atoms with Gasteiger partial charge in [-0.15, -0.1) is 0 Å². The zero-order chi connectivity index (χ0) is 56.0. The van der Waals surface area contributed by atoms with Gasteiger partial charge < -0.3 is 97.2 Å². The summed E-state index contributed by atoms with van der Waals surface area (Å²) >= 11 is 0. The van der Waals surface area contributed by atoms with Crippen LogP contribution < -0.4 is 76.9 Å². The van der Waals surface area contributed by atoms with Crippen molar-refractivity contribution >= 4 is 59.2 Å². The van der Waals surface area contributed by atoms with Crippen LogP contribution in [0.1, 0.15) is 89.5 Å². The second-order valence-electron chi connectivity index (χ2n) is 18.0. The number of likely N-dealkylation sites (tertiary alicyclic amines) is 1. The number of aliphatic carboxylic acids is 1. The summed E-state index contributed by atoms with van der Waals surface area (Å²) in [5.74, 6) is -8.15. The quantitative estimate of drug-likeness (QED) is 0.0130. The molecule has 0 bridgehead atoms. The number of carboxylic acid groups (broad SMARTS) is 1. The Balaban J connectivity index is 2.25. The summed E-state index contributed by atoms with van der Waals surface area (Å²) in [6, 6.07) is -2.67. The molecular weight excluding hydrogens is 981 g/mol. The Morgan fingerprint density at radius 1 is 0.747 bits per heavy atom. The lowest BCUT2D eigenvalue weighted by atomic mass is 10.0. The third kappa shape index (κ3) is 23.4. The maximum absolute atomic E-state index is 14.2. The Morgan fingerprint density at radius 2 is 1.37 bits per heavy atom. The van der Waals surface area contributed by atoms with Gasteiger partial charge in [0.15, 0.2) is 5.96 Å². The molecule has 2 rings (SSSR count). The summed E-state index contributed by atoms with van der Waals surface area (Å²) in [6.07, 6.45) is 3.06. The van der Waals surface area contributed by atoms with Crippen LogP contribution in [0.25, 0.3) is 0 Å². The normalized spacial score (nSPS) is 16.1. The van der Waals surface area contributed by atoms with Crippen LogP contribution in [0, 0.1) is 5.41 Å². The number of hydrogen-bond donors (Lipinski definition) is 18. The van der Waals surface area contributed by atoms with E-state index < -0.39 is 120 Å². The lowest BCUT2D eigenvalue weighted by Gasteiger charge is -2.30. The van der Waals surface area contributed by atoms with Crippen molar-refractivity contribution in [3.8, 4) is 5.75 Å². The predicted octanol–water partition coefficient (Wildman–Crippen LogP) is -5.52. The summed E-state index contributed by atoms with van der Waals surface area (Å²) in [5, 5.41) is 57.3. The first-order chi connectivity index (χ1) is 35.7. The number of carbonyl (C=O) groups excluding carboxylic acids is 8. The first-order valence-electron chi connectivity index (χ1n) is 25.1. The topological polar surface area (TPSA) is 494 Å². The van der Waals surface area contributed by atoms with E-state index in [1.807, 2.05) is 0 Å². The molecular formula is C47H80N16O12. The number of hydrogen-bond acceptors (Lipinski definition) is 17. The molecule has 1 aromatic rings. The van der Waals surface area contributed by atoms with Gasteiger partial charge in [-0.3, -0.25) is 43.8 Å². The molecule has 1 heterocycles. The van der Waals surface area contributed by atoms with Crippen LogP contribution in [0.4, 0.5) is 0 Å². The van der Waals surface area contributed by atoms with Crippen LogP contribution in [0.15, 0.2) is 36.0 Å². The third-order valence-corrected chi connectivity index (χ3v) is 12.0. The highest BCUT2D eigenvalue weighted by molar-refractivity contribution is 5.99. The fraction of sp³-hybridized carbons (Fsp3) is 0.617. The monoisotopic (exact) mass is 1060 g/mol. The minimum Gasteiger partial charge on any atom is -0.508 e. The van der Waals surface area contributed by atoms with E-state index in [0.717, 1.165) is 0 Å². The number of unbranched alkanes of at least 4 members (excludes halogenated alkanes) is 2. The minimum absolute atomic E-state index is 0.000231. The number of rotatable bonds is 35. The van der Waals surface area contributed by atoms with E-state index in [2.05, 4.69) is 42.5 Å². The molecule has 1 aliphatic heterocycles. The summed E-state index contributed by atoms with van der Waals surface area (Å²) in [7, 11) is 0. The lowest BCUT2D eigenvalue weighted by Crippen LogP contribution is -2.60. The molecule has 1 fully saturated rings. The van der Waals surface area contributed by atoms with E-state index in [-0.39, 0.29) is 89.3 Å². The van der Waals surface area contributed by atoms with Crippen LogP contribution in [0.3, 0.4) is 0 Å². The number of phenols is 1. The Bertz CT molecular complexity index is 2100. The lowest BCUT2D eigenvalue weighted by molar-refractivity contribution is -0.142. The second-order valence-corrected chi connectivity index (χ2v) is 18.0. The number of aliphatic hydroxyl groups excluding tert-OH is 1. The van der Waals surface area contributed by atoms with E-state index in [1.54, 1.807) is 12.1 Å². The molecule has 0 aliphatic carbocycles. The first-order valence-corrected chi connectivity index (χ1v) is 25.1. The van der Waals surface area contributed by atoms with Crippen molar-refractivity contribution in [2.45, 2.75) is 139 Å². The number of carboxylic acids is 1. The number of phenolic OH excluding ortho intramolecular Hbond substituents is 1. The number of aryl methyl sites for hydroxylation is 1. The Hall–Kier alpha value is -6.98. The van der Waals surface area contributed by atoms with Crippen LogP contribution in [-0.2, 0) is 49.6 Å². The molecule has 1 saturated heterocycles. The summed E-state index contributed by atoms with van der Waals surface area (Å²) in [6.45, 7) is 1.20. The highest BCUT2D eigenvalue weighted by atomic mass is 16.4. The van der Waals surface area contributed by atoms with Gasteiger partial charge in [-0.25, -0.2) is 4.79 Å². The largest absolute Gasteiger partial charge is 0.508 e. The number of amides is 8. The molecule has 0 aromatic heterocycles. The Kier molecular flexibility index (Phi) is 29.5. The highest BCUT2D eigenvalue weighted by Gasteiger charge is 2.39. The fourth-order valence-electron chi connectivity index (χ4n) is 7.77. The van der Waals surface area contributed by atoms with Crippen molar-refractivity contribution < 1.29 is 58.5 Å². The minimum atomic E-state index is -1.57. The second kappa shape index (κ2) is 34.5. The smallest absolute Gasteiger partial charge is 0.352 e. The Labute approximate surface area is 435 Å². The average molecular weight is 1060 g/mol. The molecule has 0 unspecified atom stereocenters. The predicted molar refractivity (Wildman–Crippen MR) is 275 cm³/mol. The highest BCUT2D eigenvalue weighted by Crippen LogP contribution is 2.21. The number of benzene rings is 1. The van der Waals surface area contributed by atoms with Crippen molar-refractivity contribution in [2.24, 2.45) is 34.4 Å². The number of aromatic hydroxyl groups is 1. The number of nitrogens with one attached hydrogen (secondary N) is 9. The number of aliphatic hydroxyl groups is 1. The van der Waals surface area contributed by atoms with Gasteiger partial charge in [0.05, 0.1) is 18.7 Å². The first kappa shape index (κ1) is 64.1. The summed E-state index contributed by atoms with van der Waals surface area (Å²) < 4.78 is 0. The van der Waals surface area contributed by atoms with Gasteiger partial charge in [-0.05, 0) is 121 Å². The van der Waals surface area contributed by atoms with Crippen molar-refractivity contribution in [3.63, 3.8) is 0 Å². The van der Waals surface area contributed by atoms with E-state index in [1.165, 1.54) is 30.0 Å². The third-order valence-electron chi connectivity index (χ3n) is 12.0. The zero-order valence-electron chi connectivity index (χ0n) is 42.6.